The third-order valence-electron chi connectivity index (χ3n) is 2.03. The van der Waals surface area contributed by atoms with Gasteiger partial charge < -0.3 is 5.11 Å². The normalized spacial score (nSPS) is 10.1. The first kappa shape index (κ1) is 11.0. The Hall–Kier alpha value is -1.50. The molecule has 0 unspecified atom stereocenters. The van der Waals surface area contributed by atoms with Gasteiger partial charge in [-0.05, 0) is 40.8 Å². The summed E-state index contributed by atoms with van der Waals surface area (Å²) in [4.78, 5) is 18.5. The van der Waals surface area contributed by atoms with Crippen LogP contribution in [0.2, 0.25) is 0 Å². The summed E-state index contributed by atoms with van der Waals surface area (Å²) >= 11 is 2.21. The van der Waals surface area contributed by atoms with Gasteiger partial charge in [0.25, 0.3) is 0 Å². The van der Waals surface area contributed by atoms with Gasteiger partial charge in [-0.1, -0.05) is 12.1 Å². The lowest BCUT2D eigenvalue weighted by atomic mass is 10.1. The molecular weight excluding hydrogens is 319 g/mol. The summed E-state index contributed by atoms with van der Waals surface area (Å²) < 4.78 is 1.12. The molecule has 0 saturated heterocycles. The van der Waals surface area contributed by atoms with Crippen molar-refractivity contribution in [2.75, 3.05) is 0 Å². The molecule has 1 aromatic heterocycles. The fourth-order valence-electron chi connectivity index (χ4n) is 1.25. The average molecular weight is 326 g/mol. The zero-order valence-electron chi connectivity index (χ0n) is 8.09. The third kappa shape index (κ3) is 2.35. The Morgan fingerprint density at radius 1 is 1.19 bits per heavy atom. The van der Waals surface area contributed by atoms with E-state index in [1.54, 1.807) is 0 Å². The van der Waals surface area contributed by atoms with Crippen LogP contribution in [-0.2, 0) is 0 Å². The lowest BCUT2D eigenvalue weighted by molar-refractivity contribution is 0.0690. The highest BCUT2D eigenvalue weighted by molar-refractivity contribution is 14.1. The van der Waals surface area contributed by atoms with E-state index in [4.69, 9.17) is 5.11 Å². The molecule has 2 aromatic rings. The van der Waals surface area contributed by atoms with E-state index in [0.29, 0.717) is 5.69 Å². The van der Waals surface area contributed by atoms with Gasteiger partial charge in [-0.3, -0.25) is 0 Å². The number of carboxylic acid groups (broad SMARTS) is 1. The monoisotopic (exact) mass is 326 g/mol. The molecule has 0 aliphatic heterocycles. The van der Waals surface area contributed by atoms with Crippen LogP contribution >= 0.6 is 22.6 Å². The molecule has 0 fully saturated rings. The van der Waals surface area contributed by atoms with Crippen LogP contribution in [-0.4, -0.2) is 21.0 Å². The summed E-state index contributed by atoms with van der Waals surface area (Å²) in [7, 11) is 0. The number of halogens is 1. The van der Waals surface area contributed by atoms with E-state index >= 15 is 0 Å². The lowest BCUT2D eigenvalue weighted by Crippen LogP contribution is -2.01. The van der Waals surface area contributed by atoms with E-state index in [1.807, 2.05) is 24.3 Å². The Kier molecular flexibility index (Phi) is 3.14. The number of hydrogen-bond donors (Lipinski definition) is 1. The Morgan fingerprint density at radius 2 is 1.88 bits per heavy atom. The number of nitrogens with zero attached hydrogens (tertiary/aromatic N) is 2. The molecule has 5 heteroatoms. The summed E-state index contributed by atoms with van der Waals surface area (Å²) in [5.41, 5.74) is 1.50. The van der Waals surface area contributed by atoms with Crippen molar-refractivity contribution < 1.29 is 9.90 Å². The molecule has 0 spiro atoms. The van der Waals surface area contributed by atoms with E-state index in [-0.39, 0.29) is 5.69 Å². The summed E-state index contributed by atoms with van der Waals surface area (Å²) in [6.45, 7) is 0. The number of aromatic nitrogens is 2. The molecule has 1 heterocycles. The second-order valence-corrected chi connectivity index (χ2v) is 4.35. The molecule has 0 bridgehead atoms. The molecule has 16 heavy (non-hydrogen) atoms. The average Bonchev–Trinajstić information content (AvgIpc) is 2.30. The first-order valence-electron chi connectivity index (χ1n) is 4.48. The van der Waals surface area contributed by atoms with E-state index < -0.39 is 5.97 Å². The van der Waals surface area contributed by atoms with Crippen LogP contribution < -0.4 is 0 Å². The van der Waals surface area contributed by atoms with Crippen molar-refractivity contribution in [3.63, 3.8) is 0 Å². The molecule has 4 nitrogen and oxygen atoms in total. The van der Waals surface area contributed by atoms with Crippen molar-refractivity contribution in [3.05, 3.63) is 45.9 Å². The van der Waals surface area contributed by atoms with Crippen LogP contribution in [0.15, 0.2) is 36.7 Å². The summed E-state index contributed by atoms with van der Waals surface area (Å²) in [6, 6.07) is 9.15. The number of hydrogen-bond acceptors (Lipinski definition) is 3. The van der Waals surface area contributed by atoms with Crippen molar-refractivity contribution in [2.24, 2.45) is 0 Å². The Balaban J connectivity index is 2.44. The van der Waals surface area contributed by atoms with Crippen molar-refractivity contribution in [3.8, 4) is 11.3 Å². The second kappa shape index (κ2) is 4.56. The fraction of sp³-hybridized carbons (Fsp3) is 0. The molecule has 2 rings (SSSR count). The van der Waals surface area contributed by atoms with Gasteiger partial charge in [-0.2, -0.15) is 0 Å². The van der Waals surface area contributed by atoms with Gasteiger partial charge >= 0.3 is 5.97 Å². The second-order valence-electron chi connectivity index (χ2n) is 3.10. The number of rotatable bonds is 2. The molecule has 80 valence electrons. The smallest absolute Gasteiger partial charge is 0.354 e. The highest BCUT2D eigenvalue weighted by Crippen LogP contribution is 2.18. The first-order chi connectivity index (χ1) is 7.66. The topological polar surface area (TPSA) is 63.1 Å². The lowest BCUT2D eigenvalue weighted by Gasteiger charge is -2.01. The van der Waals surface area contributed by atoms with Gasteiger partial charge in [-0.25, -0.2) is 14.8 Å². The van der Waals surface area contributed by atoms with Crippen LogP contribution in [0.25, 0.3) is 11.3 Å². The maximum Gasteiger partial charge on any atom is 0.354 e. The Labute approximate surface area is 106 Å². The van der Waals surface area contributed by atoms with E-state index in [9.17, 15) is 4.79 Å². The molecule has 1 aromatic carbocycles. The summed E-state index contributed by atoms with van der Waals surface area (Å²) in [6.07, 6.45) is 1.26. The molecular formula is C11H7IN2O2. The van der Waals surface area contributed by atoms with Gasteiger partial charge in [-0.15, -0.1) is 0 Å². The summed E-state index contributed by atoms with van der Waals surface area (Å²) in [5, 5.41) is 8.81. The van der Waals surface area contributed by atoms with Gasteiger partial charge in [0.2, 0.25) is 0 Å². The van der Waals surface area contributed by atoms with E-state index in [1.165, 1.54) is 12.4 Å². The molecule has 0 aliphatic rings. The van der Waals surface area contributed by atoms with Gasteiger partial charge in [0.15, 0.2) is 5.69 Å². The maximum atomic E-state index is 10.7. The number of benzene rings is 1. The minimum atomic E-state index is -1.05. The Bertz CT molecular complexity index is 526. The quantitative estimate of drug-likeness (QED) is 0.861. The number of carboxylic acids is 1. The highest BCUT2D eigenvalue weighted by atomic mass is 127. The van der Waals surface area contributed by atoms with Crippen LogP contribution in [0.3, 0.4) is 0 Å². The van der Waals surface area contributed by atoms with Crippen molar-refractivity contribution in [1.29, 1.82) is 0 Å². The van der Waals surface area contributed by atoms with Crippen LogP contribution in [0, 0.1) is 3.57 Å². The van der Waals surface area contributed by atoms with E-state index in [2.05, 4.69) is 32.6 Å². The van der Waals surface area contributed by atoms with Gasteiger partial charge in [0, 0.05) is 9.13 Å². The standard InChI is InChI=1S/C11H7IN2O2/c12-8-3-1-7(2-4-8)9-5-10(11(15)16)14-6-13-9/h1-6H,(H,15,16). The molecule has 0 saturated carbocycles. The third-order valence-corrected chi connectivity index (χ3v) is 2.75. The van der Waals surface area contributed by atoms with E-state index in [0.717, 1.165) is 9.13 Å². The highest BCUT2D eigenvalue weighted by Gasteiger charge is 2.07. The van der Waals surface area contributed by atoms with Crippen LogP contribution in [0.1, 0.15) is 10.5 Å². The summed E-state index contributed by atoms with van der Waals surface area (Å²) in [5.74, 6) is -1.05. The number of aromatic carboxylic acids is 1. The van der Waals surface area contributed by atoms with Crippen LogP contribution in [0.5, 0.6) is 0 Å². The predicted molar refractivity (Wildman–Crippen MR) is 67.1 cm³/mol. The Morgan fingerprint density at radius 3 is 2.50 bits per heavy atom. The van der Waals surface area contributed by atoms with Crippen molar-refractivity contribution in [1.82, 2.24) is 9.97 Å². The number of carbonyl (C=O) groups is 1. The molecule has 0 radical (unpaired) electrons. The van der Waals surface area contributed by atoms with Gasteiger partial charge in [0.05, 0.1) is 5.69 Å². The van der Waals surface area contributed by atoms with Crippen LogP contribution in [0.4, 0.5) is 0 Å². The molecule has 0 aliphatic carbocycles. The molecule has 0 atom stereocenters. The zero-order valence-corrected chi connectivity index (χ0v) is 10.2. The molecule has 1 N–H and O–H groups in total. The predicted octanol–water partition coefficient (Wildman–Crippen LogP) is 2.45. The minimum absolute atomic E-state index is 0.00329. The SMILES string of the molecule is O=C(O)c1cc(-c2ccc(I)cc2)ncn1. The molecule has 0 amide bonds. The van der Waals surface area contributed by atoms with Gasteiger partial charge in [0.1, 0.15) is 6.33 Å². The maximum absolute atomic E-state index is 10.7. The zero-order chi connectivity index (χ0) is 11.5. The van der Waals surface area contributed by atoms with Crippen molar-refractivity contribution >= 4 is 28.6 Å². The first-order valence-corrected chi connectivity index (χ1v) is 5.56. The fourth-order valence-corrected chi connectivity index (χ4v) is 1.61. The largest absolute Gasteiger partial charge is 0.477 e. The minimum Gasteiger partial charge on any atom is -0.477 e. The van der Waals surface area contributed by atoms with Crippen molar-refractivity contribution in [2.45, 2.75) is 0 Å².